The Morgan fingerprint density at radius 3 is 2.68 bits per heavy atom. The van der Waals surface area contributed by atoms with Crippen LogP contribution >= 0.6 is 15.9 Å². The number of aryl methyl sites for hydroxylation is 1. The molecule has 0 saturated heterocycles. The summed E-state index contributed by atoms with van der Waals surface area (Å²) < 4.78 is 8.36. The molecule has 0 aliphatic heterocycles. The zero-order chi connectivity index (χ0) is 20.1. The highest BCUT2D eigenvalue weighted by atomic mass is 79.9. The van der Waals surface area contributed by atoms with Crippen LogP contribution in [0.15, 0.2) is 64.2 Å². The number of carbonyl (C=O) groups excluding carboxylic acids is 1. The highest BCUT2D eigenvalue weighted by Crippen LogP contribution is 2.21. The first kappa shape index (κ1) is 19.7. The lowest BCUT2D eigenvalue weighted by atomic mass is 10.2. The van der Waals surface area contributed by atoms with Gasteiger partial charge in [0, 0.05) is 27.1 Å². The van der Waals surface area contributed by atoms with Gasteiger partial charge in [-0.3, -0.25) is 4.79 Å². The van der Waals surface area contributed by atoms with Gasteiger partial charge in [0.1, 0.15) is 11.5 Å². The van der Waals surface area contributed by atoms with Gasteiger partial charge in [0.05, 0.1) is 6.21 Å². The van der Waals surface area contributed by atoms with Gasteiger partial charge in [0.25, 0.3) is 5.91 Å². The molecular weight excluding hydrogens is 422 g/mol. The first-order valence-electron chi connectivity index (χ1n) is 8.62. The molecule has 2 N–H and O–H groups in total. The number of benzene rings is 2. The van der Waals surface area contributed by atoms with Gasteiger partial charge in [-0.25, -0.2) is 5.43 Å². The van der Waals surface area contributed by atoms with Gasteiger partial charge in [0.15, 0.2) is 6.61 Å². The van der Waals surface area contributed by atoms with E-state index in [0.29, 0.717) is 5.75 Å². The van der Waals surface area contributed by atoms with E-state index in [4.69, 9.17) is 4.74 Å². The molecule has 3 aromatic rings. The number of carbonyl (C=O) groups is 1. The second kappa shape index (κ2) is 8.75. The number of hydrogen-bond donors (Lipinski definition) is 2. The molecule has 0 atom stereocenters. The largest absolute Gasteiger partial charge is 0.508 e. The molecule has 0 fully saturated rings. The SMILES string of the molecule is Cc1cc(/C=N\NC(=O)COc2cccc(Br)c2)c(C)n1-c1ccc(O)cc1. The molecule has 28 heavy (non-hydrogen) atoms. The number of phenols is 1. The van der Waals surface area contributed by atoms with E-state index in [9.17, 15) is 9.90 Å². The minimum Gasteiger partial charge on any atom is -0.508 e. The molecule has 0 saturated carbocycles. The number of ether oxygens (including phenoxy) is 1. The fourth-order valence-electron chi connectivity index (χ4n) is 2.83. The number of aromatic nitrogens is 1. The van der Waals surface area contributed by atoms with Gasteiger partial charge in [-0.05, 0) is 62.4 Å². The number of nitrogens with zero attached hydrogens (tertiary/aromatic N) is 2. The lowest BCUT2D eigenvalue weighted by Crippen LogP contribution is -2.24. The van der Waals surface area contributed by atoms with E-state index in [2.05, 4.69) is 31.0 Å². The Balaban J connectivity index is 1.62. The Kier molecular flexibility index (Phi) is 6.16. The van der Waals surface area contributed by atoms with Crippen molar-refractivity contribution in [2.75, 3.05) is 6.61 Å². The van der Waals surface area contributed by atoms with Gasteiger partial charge < -0.3 is 14.4 Å². The third-order valence-corrected chi connectivity index (χ3v) is 4.63. The average molecular weight is 442 g/mol. The smallest absolute Gasteiger partial charge is 0.277 e. The second-order valence-electron chi connectivity index (χ2n) is 6.22. The summed E-state index contributed by atoms with van der Waals surface area (Å²) in [4.78, 5) is 11.9. The third kappa shape index (κ3) is 4.80. The molecule has 144 valence electrons. The fourth-order valence-corrected chi connectivity index (χ4v) is 3.21. The van der Waals surface area contributed by atoms with Crippen molar-refractivity contribution in [1.82, 2.24) is 9.99 Å². The van der Waals surface area contributed by atoms with E-state index < -0.39 is 0 Å². The molecule has 2 aromatic carbocycles. The van der Waals surface area contributed by atoms with Crippen molar-refractivity contribution in [2.45, 2.75) is 13.8 Å². The van der Waals surface area contributed by atoms with E-state index in [-0.39, 0.29) is 18.3 Å². The highest BCUT2D eigenvalue weighted by molar-refractivity contribution is 9.10. The molecule has 0 aliphatic carbocycles. The predicted molar refractivity (Wildman–Crippen MR) is 112 cm³/mol. The maximum absolute atomic E-state index is 11.9. The monoisotopic (exact) mass is 441 g/mol. The lowest BCUT2D eigenvalue weighted by Gasteiger charge is -2.09. The van der Waals surface area contributed by atoms with Crippen molar-refractivity contribution in [3.05, 3.63) is 76.0 Å². The Bertz CT molecular complexity index is 1010. The molecule has 0 spiro atoms. The van der Waals surface area contributed by atoms with Gasteiger partial charge in [0.2, 0.25) is 0 Å². The van der Waals surface area contributed by atoms with Crippen LogP contribution < -0.4 is 10.2 Å². The molecule has 3 rings (SSSR count). The van der Waals surface area contributed by atoms with Gasteiger partial charge in [-0.1, -0.05) is 22.0 Å². The number of phenolic OH excluding ortho intramolecular Hbond substituents is 1. The normalized spacial score (nSPS) is 11.0. The highest BCUT2D eigenvalue weighted by Gasteiger charge is 2.09. The minimum absolute atomic E-state index is 0.125. The molecule has 1 heterocycles. The molecule has 0 radical (unpaired) electrons. The standard InChI is InChI=1S/C21H20BrN3O3/c1-14-10-16(15(2)25(14)18-6-8-19(26)9-7-18)12-23-24-21(27)13-28-20-5-3-4-17(22)11-20/h3-12,26H,13H2,1-2H3,(H,24,27)/b23-12-. The Labute approximate surface area is 171 Å². The Hall–Kier alpha value is -3.06. The molecule has 1 aromatic heterocycles. The zero-order valence-corrected chi connectivity index (χ0v) is 17.1. The molecule has 7 heteroatoms. The minimum atomic E-state index is -0.344. The van der Waals surface area contributed by atoms with Crippen LogP contribution in [0.3, 0.4) is 0 Å². The van der Waals surface area contributed by atoms with Crippen LogP contribution in [0, 0.1) is 13.8 Å². The number of rotatable bonds is 6. The summed E-state index contributed by atoms with van der Waals surface area (Å²) in [6.07, 6.45) is 1.61. The van der Waals surface area contributed by atoms with Gasteiger partial charge in [-0.15, -0.1) is 0 Å². The van der Waals surface area contributed by atoms with Crippen molar-refractivity contribution in [3.63, 3.8) is 0 Å². The summed E-state index contributed by atoms with van der Waals surface area (Å²) in [5.74, 6) is 0.482. The van der Waals surface area contributed by atoms with E-state index >= 15 is 0 Å². The van der Waals surface area contributed by atoms with Crippen LogP contribution in [0.5, 0.6) is 11.5 Å². The maximum Gasteiger partial charge on any atom is 0.277 e. The quantitative estimate of drug-likeness (QED) is 0.446. The van der Waals surface area contributed by atoms with Crippen LogP contribution in [0.2, 0.25) is 0 Å². The number of halogens is 1. The Morgan fingerprint density at radius 2 is 1.96 bits per heavy atom. The first-order chi connectivity index (χ1) is 13.4. The third-order valence-electron chi connectivity index (χ3n) is 4.14. The second-order valence-corrected chi connectivity index (χ2v) is 7.13. The predicted octanol–water partition coefficient (Wildman–Crippen LogP) is 4.09. The van der Waals surface area contributed by atoms with Crippen LogP contribution in [0.25, 0.3) is 5.69 Å². The van der Waals surface area contributed by atoms with E-state index in [0.717, 1.165) is 27.1 Å². The first-order valence-corrected chi connectivity index (χ1v) is 9.42. The fraction of sp³-hybridized carbons (Fsp3) is 0.143. The van der Waals surface area contributed by atoms with E-state index in [1.807, 2.05) is 44.2 Å². The number of aromatic hydroxyl groups is 1. The summed E-state index contributed by atoms with van der Waals surface area (Å²) >= 11 is 3.35. The molecule has 0 bridgehead atoms. The average Bonchev–Trinajstić information content (AvgIpc) is 2.95. The maximum atomic E-state index is 11.9. The molecule has 1 amide bonds. The topological polar surface area (TPSA) is 75.8 Å². The van der Waals surface area contributed by atoms with E-state index in [1.54, 1.807) is 30.5 Å². The molecule has 6 nitrogen and oxygen atoms in total. The van der Waals surface area contributed by atoms with Crippen molar-refractivity contribution < 1.29 is 14.6 Å². The lowest BCUT2D eigenvalue weighted by molar-refractivity contribution is -0.123. The van der Waals surface area contributed by atoms with Crippen LogP contribution in [-0.4, -0.2) is 28.4 Å². The van der Waals surface area contributed by atoms with Gasteiger partial charge in [-0.2, -0.15) is 5.10 Å². The summed E-state index contributed by atoms with van der Waals surface area (Å²) in [7, 11) is 0. The van der Waals surface area contributed by atoms with Crippen LogP contribution in [-0.2, 0) is 4.79 Å². The van der Waals surface area contributed by atoms with Crippen molar-refractivity contribution in [2.24, 2.45) is 5.10 Å². The summed E-state index contributed by atoms with van der Waals surface area (Å²) in [5, 5.41) is 13.5. The molecule has 0 aliphatic rings. The van der Waals surface area contributed by atoms with E-state index in [1.165, 1.54) is 0 Å². The molecule has 0 unspecified atom stereocenters. The number of nitrogens with one attached hydrogen (secondary N) is 1. The number of hydrogen-bond acceptors (Lipinski definition) is 4. The summed E-state index contributed by atoms with van der Waals surface area (Å²) in [5.41, 5.74) is 6.30. The Morgan fingerprint density at radius 1 is 1.21 bits per heavy atom. The van der Waals surface area contributed by atoms with Crippen LogP contribution in [0.4, 0.5) is 0 Å². The van der Waals surface area contributed by atoms with Crippen molar-refractivity contribution >= 4 is 28.1 Å². The summed E-state index contributed by atoms with van der Waals surface area (Å²) in [6, 6.07) is 16.2. The molecular formula is C21H20BrN3O3. The summed E-state index contributed by atoms with van der Waals surface area (Å²) in [6.45, 7) is 3.83. The number of amides is 1. The van der Waals surface area contributed by atoms with Crippen molar-refractivity contribution in [3.8, 4) is 17.2 Å². The van der Waals surface area contributed by atoms with Gasteiger partial charge >= 0.3 is 0 Å². The van der Waals surface area contributed by atoms with Crippen molar-refractivity contribution in [1.29, 1.82) is 0 Å². The number of hydrazone groups is 1. The zero-order valence-electron chi connectivity index (χ0n) is 15.5. The van der Waals surface area contributed by atoms with Crippen LogP contribution in [0.1, 0.15) is 17.0 Å².